The number of fused-ring (bicyclic) bond motifs is 1. The maximum atomic E-state index is 12.4. The lowest BCUT2D eigenvalue weighted by molar-refractivity contribution is -0.116. The molecule has 0 radical (unpaired) electrons. The lowest BCUT2D eigenvalue weighted by atomic mass is 10.1. The molecule has 156 valence electrons. The maximum absolute atomic E-state index is 12.4. The quantitative estimate of drug-likeness (QED) is 0.600. The number of anilines is 1. The number of amides is 1. The number of hydrogen-bond donors (Lipinski definition) is 1. The molecule has 3 rings (SSSR count). The van der Waals surface area contributed by atoms with Gasteiger partial charge < -0.3 is 10.1 Å². The molecule has 6 nitrogen and oxygen atoms in total. The van der Waals surface area contributed by atoms with Crippen LogP contribution in [0.5, 0.6) is 0 Å². The zero-order valence-corrected chi connectivity index (χ0v) is 18.4. The van der Waals surface area contributed by atoms with Crippen molar-refractivity contribution in [2.75, 3.05) is 17.7 Å². The van der Waals surface area contributed by atoms with Gasteiger partial charge in [-0.1, -0.05) is 11.6 Å². The Morgan fingerprint density at radius 1 is 1.21 bits per heavy atom. The van der Waals surface area contributed by atoms with Crippen molar-refractivity contribution in [2.24, 2.45) is 0 Å². The predicted molar refractivity (Wildman–Crippen MR) is 114 cm³/mol. The van der Waals surface area contributed by atoms with E-state index in [0.717, 1.165) is 29.7 Å². The number of hydrogen-bond acceptors (Lipinski definition) is 6. The topological polar surface area (TPSA) is 89.5 Å². The van der Waals surface area contributed by atoms with Crippen molar-refractivity contribution in [1.82, 2.24) is 0 Å². The van der Waals surface area contributed by atoms with Crippen LogP contribution in [-0.2, 0) is 32.2 Å². The van der Waals surface area contributed by atoms with E-state index in [-0.39, 0.29) is 36.0 Å². The third-order valence-corrected chi connectivity index (χ3v) is 7.92. The Kier molecular flexibility index (Phi) is 6.97. The van der Waals surface area contributed by atoms with Gasteiger partial charge in [0.05, 0.1) is 22.8 Å². The second-order valence-corrected chi connectivity index (χ2v) is 10.4. The van der Waals surface area contributed by atoms with Crippen LogP contribution in [0, 0.1) is 0 Å². The molecule has 1 heterocycles. The van der Waals surface area contributed by atoms with Crippen LogP contribution in [0.1, 0.15) is 47.0 Å². The largest absolute Gasteiger partial charge is 0.462 e. The molecule has 0 saturated heterocycles. The summed E-state index contributed by atoms with van der Waals surface area (Å²) in [6, 6.07) is 5.95. The van der Waals surface area contributed by atoms with E-state index in [1.807, 2.05) is 0 Å². The molecule has 29 heavy (non-hydrogen) atoms. The van der Waals surface area contributed by atoms with E-state index in [4.69, 9.17) is 16.3 Å². The minimum absolute atomic E-state index is 0.0393. The van der Waals surface area contributed by atoms with Crippen LogP contribution in [0.4, 0.5) is 5.00 Å². The highest BCUT2D eigenvalue weighted by molar-refractivity contribution is 7.91. The van der Waals surface area contributed by atoms with Gasteiger partial charge in [-0.2, -0.15) is 0 Å². The average Bonchev–Trinajstić information content (AvgIpc) is 3.22. The number of esters is 1. The number of nitrogens with one attached hydrogen (secondary N) is 1. The van der Waals surface area contributed by atoms with Gasteiger partial charge in [0.1, 0.15) is 5.00 Å². The lowest BCUT2D eigenvalue weighted by Gasteiger charge is -2.08. The van der Waals surface area contributed by atoms with Crippen molar-refractivity contribution >= 4 is 49.7 Å². The lowest BCUT2D eigenvalue weighted by Crippen LogP contribution is -2.16. The number of carbonyl (C=O) groups is 2. The van der Waals surface area contributed by atoms with E-state index < -0.39 is 15.8 Å². The number of ether oxygens (including phenoxy) is 1. The molecule has 0 spiro atoms. The first kappa shape index (κ1) is 21.8. The van der Waals surface area contributed by atoms with Crippen LogP contribution in [0.25, 0.3) is 0 Å². The summed E-state index contributed by atoms with van der Waals surface area (Å²) in [4.78, 5) is 26.0. The normalized spacial score (nSPS) is 13.2. The number of sulfone groups is 1. The third kappa shape index (κ3) is 5.18. The minimum Gasteiger partial charge on any atom is -0.462 e. The monoisotopic (exact) mass is 455 g/mol. The van der Waals surface area contributed by atoms with Crippen LogP contribution in [0.2, 0.25) is 5.02 Å². The Morgan fingerprint density at radius 2 is 1.93 bits per heavy atom. The molecule has 1 aromatic heterocycles. The van der Waals surface area contributed by atoms with Crippen LogP contribution < -0.4 is 5.32 Å². The first-order chi connectivity index (χ1) is 13.8. The van der Waals surface area contributed by atoms with Gasteiger partial charge in [0, 0.05) is 16.3 Å². The summed E-state index contributed by atoms with van der Waals surface area (Å²) >= 11 is 7.19. The molecule has 1 amide bonds. The molecule has 0 fully saturated rings. The first-order valence-electron chi connectivity index (χ1n) is 9.41. The van der Waals surface area contributed by atoms with E-state index in [1.165, 1.54) is 35.6 Å². The smallest absolute Gasteiger partial charge is 0.341 e. The van der Waals surface area contributed by atoms with Gasteiger partial charge >= 0.3 is 5.97 Å². The van der Waals surface area contributed by atoms with Gasteiger partial charge in [0.25, 0.3) is 0 Å². The fourth-order valence-electron chi connectivity index (χ4n) is 3.28. The molecule has 0 aliphatic heterocycles. The molecule has 1 N–H and O–H groups in total. The summed E-state index contributed by atoms with van der Waals surface area (Å²) in [6.45, 7) is 2.00. The van der Waals surface area contributed by atoms with Gasteiger partial charge in [0.15, 0.2) is 9.84 Å². The van der Waals surface area contributed by atoms with E-state index in [0.29, 0.717) is 15.6 Å². The van der Waals surface area contributed by atoms with Crippen molar-refractivity contribution in [1.29, 1.82) is 0 Å². The number of thiophene rings is 1. The number of carbonyl (C=O) groups excluding carboxylic acids is 2. The van der Waals surface area contributed by atoms with Gasteiger partial charge in [-0.05, 0) is 62.4 Å². The summed E-state index contributed by atoms with van der Waals surface area (Å²) in [5.74, 6) is -0.887. The molecule has 9 heteroatoms. The number of aryl methyl sites for hydroxylation is 1. The van der Waals surface area contributed by atoms with Crippen LogP contribution in [-0.4, -0.2) is 32.7 Å². The highest BCUT2D eigenvalue weighted by atomic mass is 35.5. The molecule has 0 saturated carbocycles. The standard InChI is InChI=1S/C20H22ClNO5S2/c1-2-27-20(24)18-15-5-3-6-16(15)28-19(18)22-17(23)7-4-12-29(25,26)14-10-8-13(21)9-11-14/h8-11H,2-7,12H2,1H3,(H,22,23). The van der Waals surface area contributed by atoms with Crippen molar-refractivity contribution in [3.05, 3.63) is 45.3 Å². The molecule has 0 unspecified atom stereocenters. The fraction of sp³-hybridized carbons (Fsp3) is 0.400. The van der Waals surface area contributed by atoms with E-state index >= 15 is 0 Å². The average molecular weight is 456 g/mol. The Hall–Kier alpha value is -1.90. The molecular weight excluding hydrogens is 434 g/mol. The van der Waals surface area contributed by atoms with Crippen molar-refractivity contribution in [3.63, 3.8) is 0 Å². The molecule has 0 bridgehead atoms. The summed E-state index contributed by atoms with van der Waals surface area (Å²) in [5.41, 5.74) is 1.42. The van der Waals surface area contributed by atoms with Crippen LogP contribution >= 0.6 is 22.9 Å². The minimum atomic E-state index is -3.48. The Bertz CT molecular complexity index is 1010. The third-order valence-electron chi connectivity index (χ3n) is 4.64. The second kappa shape index (κ2) is 9.28. The SMILES string of the molecule is CCOC(=O)c1c(NC(=O)CCCS(=O)(=O)c2ccc(Cl)cc2)sc2c1CCC2. The zero-order chi connectivity index (χ0) is 21.0. The summed E-state index contributed by atoms with van der Waals surface area (Å²) in [5, 5.41) is 3.74. The Morgan fingerprint density at radius 3 is 2.62 bits per heavy atom. The molecular formula is C20H22ClNO5S2. The zero-order valence-electron chi connectivity index (χ0n) is 16.0. The van der Waals surface area contributed by atoms with Gasteiger partial charge in [-0.3, -0.25) is 4.79 Å². The predicted octanol–water partition coefficient (Wildman–Crippen LogP) is 4.26. The fourth-order valence-corrected chi connectivity index (χ4v) is 6.01. The second-order valence-electron chi connectivity index (χ2n) is 6.71. The van der Waals surface area contributed by atoms with Gasteiger partial charge in [0.2, 0.25) is 5.91 Å². The summed E-state index contributed by atoms with van der Waals surface area (Å²) in [7, 11) is -3.48. The highest BCUT2D eigenvalue weighted by Crippen LogP contribution is 2.39. The van der Waals surface area contributed by atoms with E-state index in [2.05, 4.69) is 5.32 Å². The molecule has 1 aliphatic carbocycles. The van der Waals surface area contributed by atoms with Crippen molar-refractivity contribution in [3.8, 4) is 0 Å². The van der Waals surface area contributed by atoms with E-state index in [1.54, 1.807) is 6.92 Å². The maximum Gasteiger partial charge on any atom is 0.341 e. The van der Waals surface area contributed by atoms with Gasteiger partial charge in [-0.15, -0.1) is 11.3 Å². The van der Waals surface area contributed by atoms with Gasteiger partial charge in [-0.25, -0.2) is 13.2 Å². The number of benzene rings is 1. The summed E-state index contributed by atoms with van der Waals surface area (Å²) in [6.07, 6.45) is 2.90. The molecule has 0 atom stereocenters. The molecule has 1 aliphatic rings. The van der Waals surface area contributed by atoms with Crippen LogP contribution in [0.15, 0.2) is 29.2 Å². The number of rotatable bonds is 8. The number of halogens is 1. The van der Waals surface area contributed by atoms with Crippen molar-refractivity contribution in [2.45, 2.75) is 43.9 Å². The first-order valence-corrected chi connectivity index (χ1v) is 12.3. The van der Waals surface area contributed by atoms with Crippen molar-refractivity contribution < 1.29 is 22.7 Å². The van der Waals surface area contributed by atoms with E-state index in [9.17, 15) is 18.0 Å². The molecule has 2 aromatic rings. The van der Waals surface area contributed by atoms with Crippen LogP contribution in [0.3, 0.4) is 0 Å². The molecule has 1 aromatic carbocycles. The Balaban J connectivity index is 1.61. The summed E-state index contributed by atoms with van der Waals surface area (Å²) < 4.78 is 29.9. The highest BCUT2D eigenvalue weighted by Gasteiger charge is 2.28. The Labute approximate surface area is 179 Å².